The molecule has 1 spiro atoms. The summed E-state index contributed by atoms with van der Waals surface area (Å²) in [5.41, 5.74) is 0.508. The molecule has 8 heteroatoms. The fourth-order valence-electron chi connectivity index (χ4n) is 3.17. The number of rotatable bonds is 1. The van der Waals surface area contributed by atoms with E-state index in [1.54, 1.807) is 24.3 Å². The number of nitrogens with one attached hydrogen (secondary N) is 3. The second-order valence-electron chi connectivity index (χ2n) is 5.74. The van der Waals surface area contributed by atoms with Crippen molar-refractivity contribution in [3.8, 4) is 0 Å². The van der Waals surface area contributed by atoms with Crippen LogP contribution in [0.15, 0.2) is 42.5 Å². The lowest BCUT2D eigenvalue weighted by Crippen LogP contribution is -2.54. The van der Waals surface area contributed by atoms with Gasteiger partial charge in [0.25, 0.3) is 11.6 Å². The van der Waals surface area contributed by atoms with Crippen LogP contribution in [0.2, 0.25) is 0 Å². The van der Waals surface area contributed by atoms with Crippen LogP contribution in [0.1, 0.15) is 12.0 Å². The van der Waals surface area contributed by atoms with Crippen LogP contribution < -0.4 is 16.0 Å². The fourth-order valence-corrected chi connectivity index (χ4v) is 3.17. The number of para-hydroxylation sites is 2. The number of amides is 2. The Labute approximate surface area is 136 Å². The summed E-state index contributed by atoms with van der Waals surface area (Å²) in [5.74, 6) is -0.754. The fraction of sp³-hybridized carbons (Fsp3) is 0.125. The third-order valence-electron chi connectivity index (χ3n) is 4.28. The third-order valence-corrected chi connectivity index (χ3v) is 4.28. The van der Waals surface area contributed by atoms with Gasteiger partial charge in [0.1, 0.15) is 0 Å². The minimum atomic E-state index is -1.38. The predicted octanol–water partition coefficient (Wildman–Crippen LogP) is 2.20. The Hall–Kier alpha value is -3.42. The molecular weight excluding hydrogens is 312 g/mol. The Morgan fingerprint density at radius 1 is 1.00 bits per heavy atom. The van der Waals surface area contributed by atoms with Gasteiger partial charge in [0, 0.05) is 23.4 Å². The minimum absolute atomic E-state index is 0.141. The molecular formula is C16H12N4O4. The molecule has 24 heavy (non-hydrogen) atoms. The molecule has 2 aromatic rings. The van der Waals surface area contributed by atoms with Gasteiger partial charge in [-0.1, -0.05) is 12.1 Å². The first-order valence-corrected chi connectivity index (χ1v) is 7.27. The van der Waals surface area contributed by atoms with Gasteiger partial charge in [0.15, 0.2) is 5.54 Å². The van der Waals surface area contributed by atoms with E-state index in [0.717, 1.165) is 0 Å². The zero-order chi connectivity index (χ0) is 16.9. The minimum Gasteiger partial charge on any atom is -0.365 e. The number of nitro benzene ring substituents is 1. The second-order valence-corrected chi connectivity index (χ2v) is 5.74. The largest absolute Gasteiger partial charge is 0.365 e. The number of nitrogens with zero attached hydrogens (tertiary/aromatic N) is 1. The lowest BCUT2D eigenvalue weighted by atomic mass is 9.79. The summed E-state index contributed by atoms with van der Waals surface area (Å²) in [6.07, 6.45) is -0.151. The van der Waals surface area contributed by atoms with Crippen molar-refractivity contribution < 1.29 is 14.5 Å². The zero-order valence-corrected chi connectivity index (χ0v) is 12.3. The average molecular weight is 324 g/mol. The van der Waals surface area contributed by atoms with Crippen LogP contribution in [-0.2, 0) is 15.1 Å². The first-order valence-electron chi connectivity index (χ1n) is 7.27. The maximum Gasteiger partial charge on any atom is 0.269 e. The molecule has 3 N–H and O–H groups in total. The number of hydrogen-bond donors (Lipinski definition) is 3. The van der Waals surface area contributed by atoms with Crippen molar-refractivity contribution in [2.45, 2.75) is 12.0 Å². The highest BCUT2D eigenvalue weighted by Crippen LogP contribution is 2.44. The van der Waals surface area contributed by atoms with Crippen molar-refractivity contribution in [1.82, 2.24) is 0 Å². The standard InChI is InChI=1S/C16H12N4O4/c21-14-8-16(10-7-9(20(23)24)5-6-11(10)17-14)15(22)18-12-3-1-2-4-13(12)19-16/h1-7,19H,8H2,(H,17,21)(H,18,22). The van der Waals surface area contributed by atoms with Crippen LogP contribution in [0, 0.1) is 10.1 Å². The highest BCUT2D eigenvalue weighted by molar-refractivity contribution is 6.12. The Bertz CT molecular complexity index is 911. The summed E-state index contributed by atoms with van der Waals surface area (Å²) in [6, 6.07) is 11.2. The molecule has 0 saturated heterocycles. The number of carbonyl (C=O) groups excluding carboxylic acids is 2. The number of nitro groups is 1. The summed E-state index contributed by atoms with van der Waals surface area (Å²) in [6.45, 7) is 0. The van der Waals surface area contributed by atoms with Crippen molar-refractivity contribution in [1.29, 1.82) is 0 Å². The Morgan fingerprint density at radius 2 is 1.75 bits per heavy atom. The van der Waals surface area contributed by atoms with E-state index in [4.69, 9.17) is 0 Å². The lowest BCUT2D eigenvalue weighted by molar-refractivity contribution is -0.384. The van der Waals surface area contributed by atoms with Crippen molar-refractivity contribution in [2.75, 3.05) is 16.0 Å². The molecule has 0 fully saturated rings. The van der Waals surface area contributed by atoms with E-state index in [1.165, 1.54) is 18.2 Å². The van der Waals surface area contributed by atoms with Gasteiger partial charge in [0.2, 0.25) is 5.91 Å². The molecule has 0 bridgehead atoms. The van der Waals surface area contributed by atoms with Gasteiger partial charge in [-0.25, -0.2) is 0 Å². The van der Waals surface area contributed by atoms with Gasteiger partial charge in [-0.3, -0.25) is 19.7 Å². The summed E-state index contributed by atoms with van der Waals surface area (Å²) in [5, 5.41) is 19.7. The monoisotopic (exact) mass is 324 g/mol. The van der Waals surface area contributed by atoms with Gasteiger partial charge < -0.3 is 16.0 Å². The highest BCUT2D eigenvalue weighted by Gasteiger charge is 2.49. The Kier molecular flexibility index (Phi) is 2.83. The number of anilines is 3. The van der Waals surface area contributed by atoms with Gasteiger partial charge in [-0.2, -0.15) is 0 Å². The predicted molar refractivity (Wildman–Crippen MR) is 86.7 cm³/mol. The molecule has 2 heterocycles. The van der Waals surface area contributed by atoms with Crippen molar-refractivity contribution in [2.24, 2.45) is 0 Å². The third kappa shape index (κ3) is 1.93. The molecule has 1 unspecified atom stereocenters. The van der Waals surface area contributed by atoms with Crippen molar-refractivity contribution in [3.05, 3.63) is 58.1 Å². The molecule has 120 valence electrons. The van der Waals surface area contributed by atoms with E-state index in [0.29, 0.717) is 22.6 Å². The van der Waals surface area contributed by atoms with E-state index in [1.807, 2.05) is 0 Å². The Balaban J connectivity index is 1.93. The Morgan fingerprint density at radius 3 is 2.50 bits per heavy atom. The molecule has 2 aliphatic heterocycles. The van der Waals surface area contributed by atoms with E-state index < -0.39 is 16.4 Å². The molecule has 1 atom stereocenters. The average Bonchev–Trinajstić information content (AvgIpc) is 2.55. The maximum atomic E-state index is 12.8. The van der Waals surface area contributed by atoms with Crippen LogP contribution in [0.5, 0.6) is 0 Å². The van der Waals surface area contributed by atoms with Gasteiger partial charge >= 0.3 is 0 Å². The van der Waals surface area contributed by atoms with E-state index in [2.05, 4.69) is 16.0 Å². The lowest BCUT2D eigenvalue weighted by Gasteiger charge is -2.41. The summed E-state index contributed by atoms with van der Waals surface area (Å²) < 4.78 is 0. The molecule has 2 aliphatic rings. The van der Waals surface area contributed by atoms with Crippen LogP contribution in [0.25, 0.3) is 0 Å². The molecule has 4 rings (SSSR count). The first-order chi connectivity index (χ1) is 11.5. The number of hydrogen-bond acceptors (Lipinski definition) is 5. The number of fused-ring (bicyclic) bond motifs is 3. The van der Waals surface area contributed by atoms with E-state index >= 15 is 0 Å². The number of benzene rings is 2. The van der Waals surface area contributed by atoms with Crippen LogP contribution in [-0.4, -0.2) is 16.7 Å². The molecule has 8 nitrogen and oxygen atoms in total. The second kappa shape index (κ2) is 4.79. The molecule has 0 aliphatic carbocycles. The first kappa shape index (κ1) is 14.2. The maximum absolute atomic E-state index is 12.8. The summed E-state index contributed by atoms with van der Waals surface area (Å²) in [4.78, 5) is 35.5. The van der Waals surface area contributed by atoms with Gasteiger partial charge in [0.05, 0.1) is 22.7 Å². The van der Waals surface area contributed by atoms with Gasteiger partial charge in [-0.15, -0.1) is 0 Å². The van der Waals surface area contributed by atoms with Crippen LogP contribution in [0.4, 0.5) is 22.7 Å². The topological polar surface area (TPSA) is 113 Å². The van der Waals surface area contributed by atoms with Gasteiger partial charge in [-0.05, 0) is 18.2 Å². The number of non-ortho nitro benzene ring substituents is 1. The molecule has 2 amide bonds. The quantitative estimate of drug-likeness (QED) is 0.550. The van der Waals surface area contributed by atoms with Crippen molar-refractivity contribution in [3.63, 3.8) is 0 Å². The molecule has 0 aromatic heterocycles. The van der Waals surface area contributed by atoms with E-state index in [9.17, 15) is 19.7 Å². The summed E-state index contributed by atoms with van der Waals surface area (Å²) in [7, 11) is 0. The highest BCUT2D eigenvalue weighted by atomic mass is 16.6. The molecule has 2 aromatic carbocycles. The molecule has 0 saturated carbocycles. The summed E-state index contributed by atoms with van der Waals surface area (Å²) >= 11 is 0. The van der Waals surface area contributed by atoms with Crippen LogP contribution >= 0.6 is 0 Å². The smallest absolute Gasteiger partial charge is 0.269 e. The normalized spacial score (nSPS) is 21.2. The zero-order valence-electron chi connectivity index (χ0n) is 12.3. The molecule has 0 radical (unpaired) electrons. The number of carbonyl (C=O) groups is 2. The van der Waals surface area contributed by atoms with Crippen molar-refractivity contribution >= 4 is 34.6 Å². The van der Waals surface area contributed by atoms with E-state index in [-0.39, 0.29) is 18.0 Å². The van der Waals surface area contributed by atoms with Crippen LogP contribution in [0.3, 0.4) is 0 Å². The SMILES string of the molecule is O=C1CC2(Nc3ccccc3NC2=O)c2cc([N+](=O)[O-])ccc2N1.